The smallest absolute Gasteiger partial charge is 0.241 e. The third kappa shape index (κ3) is 2.98. The van der Waals surface area contributed by atoms with Gasteiger partial charge in [0.1, 0.15) is 6.04 Å². The molecule has 0 saturated carbocycles. The molecule has 2 aliphatic heterocycles. The van der Waals surface area contributed by atoms with Crippen molar-refractivity contribution in [2.45, 2.75) is 58.4 Å². The van der Waals surface area contributed by atoms with Crippen LogP contribution in [0.3, 0.4) is 0 Å². The summed E-state index contributed by atoms with van der Waals surface area (Å²) in [4.78, 5) is 15.0. The molecule has 7 heteroatoms. The average Bonchev–Trinajstić information content (AvgIpc) is 3.28. The van der Waals surface area contributed by atoms with Crippen LogP contribution >= 0.6 is 0 Å². The molecule has 1 fully saturated rings. The highest BCUT2D eigenvalue weighted by molar-refractivity contribution is 5.82. The molecule has 4 rings (SSSR count). The second-order valence-corrected chi connectivity index (χ2v) is 7.22. The van der Waals surface area contributed by atoms with E-state index in [1.54, 1.807) is 0 Å². The number of nitrogens with one attached hydrogen (secondary N) is 2. The fourth-order valence-corrected chi connectivity index (χ4v) is 4.05. The molecule has 0 spiro atoms. The minimum absolute atomic E-state index is 0.119. The van der Waals surface area contributed by atoms with Gasteiger partial charge in [0.05, 0.1) is 18.3 Å². The van der Waals surface area contributed by atoms with E-state index in [-0.39, 0.29) is 24.0 Å². The lowest BCUT2D eigenvalue weighted by Gasteiger charge is -2.36. The number of aromatic nitrogens is 3. The van der Waals surface area contributed by atoms with Crippen molar-refractivity contribution in [1.29, 1.82) is 0 Å². The number of nitrogens with zero attached hydrogens (tertiary/aromatic N) is 4. The minimum Gasteiger partial charge on any atom is -0.348 e. The topological polar surface area (TPSA) is 67.1 Å². The standard InChI is InChI=1S/C18H26N6O/c1-12-9-13(2)24(21-12)11-15-10-16(20-19-15)18(25)23-8-7-22-6-4-5-17(22)14(23)3/h4-6,9,14-16,19-20H,7-8,10-11H2,1-3H3. The molecule has 0 aliphatic carbocycles. The van der Waals surface area contributed by atoms with Crippen LogP contribution in [0, 0.1) is 13.8 Å². The molecular formula is C18H26N6O. The number of rotatable bonds is 3. The van der Waals surface area contributed by atoms with Gasteiger partial charge in [-0.2, -0.15) is 5.10 Å². The normalized spacial score (nSPS) is 26.0. The quantitative estimate of drug-likeness (QED) is 0.878. The van der Waals surface area contributed by atoms with Crippen molar-refractivity contribution in [3.63, 3.8) is 0 Å². The first kappa shape index (κ1) is 16.4. The SMILES string of the molecule is Cc1cc(C)n(CC2CC(C(=O)N3CCn4cccc4C3C)NN2)n1. The molecule has 4 heterocycles. The average molecular weight is 342 g/mol. The van der Waals surface area contributed by atoms with E-state index in [1.165, 1.54) is 5.69 Å². The molecule has 0 bridgehead atoms. The Kier molecular flexibility index (Phi) is 4.13. The zero-order valence-corrected chi connectivity index (χ0v) is 15.1. The van der Waals surface area contributed by atoms with Crippen LogP contribution in [0.2, 0.25) is 0 Å². The number of hydrogen-bond acceptors (Lipinski definition) is 4. The number of aryl methyl sites for hydroxylation is 2. The molecule has 1 saturated heterocycles. The van der Waals surface area contributed by atoms with Crippen LogP contribution in [-0.2, 0) is 17.9 Å². The summed E-state index contributed by atoms with van der Waals surface area (Å²) in [5.74, 6) is 0.184. The van der Waals surface area contributed by atoms with Gasteiger partial charge in [0.15, 0.2) is 0 Å². The monoisotopic (exact) mass is 342 g/mol. The zero-order valence-electron chi connectivity index (χ0n) is 15.1. The number of hydrogen-bond donors (Lipinski definition) is 2. The van der Waals surface area contributed by atoms with Crippen molar-refractivity contribution in [2.24, 2.45) is 0 Å². The summed E-state index contributed by atoms with van der Waals surface area (Å²) in [6, 6.07) is 6.39. The Balaban J connectivity index is 1.40. The highest BCUT2D eigenvalue weighted by Gasteiger charge is 2.36. The Bertz CT molecular complexity index is 778. The number of fused-ring (bicyclic) bond motifs is 1. The van der Waals surface area contributed by atoms with Gasteiger partial charge in [-0.1, -0.05) is 0 Å². The maximum absolute atomic E-state index is 13.0. The molecule has 134 valence electrons. The van der Waals surface area contributed by atoms with Crippen LogP contribution in [0.5, 0.6) is 0 Å². The summed E-state index contributed by atoms with van der Waals surface area (Å²) >= 11 is 0. The number of carbonyl (C=O) groups excluding carboxylic acids is 1. The highest BCUT2D eigenvalue weighted by Crippen LogP contribution is 2.26. The van der Waals surface area contributed by atoms with Crippen LogP contribution in [0.1, 0.15) is 36.5 Å². The number of hydrazine groups is 1. The summed E-state index contributed by atoms with van der Waals surface area (Å²) in [5, 5.41) is 4.52. The van der Waals surface area contributed by atoms with Gasteiger partial charge in [-0.3, -0.25) is 14.9 Å². The second kappa shape index (κ2) is 6.31. The Labute approximate surface area is 148 Å². The second-order valence-electron chi connectivity index (χ2n) is 7.22. The molecule has 3 atom stereocenters. The fraction of sp³-hybridized carbons (Fsp3) is 0.556. The predicted molar refractivity (Wildman–Crippen MR) is 94.7 cm³/mol. The maximum Gasteiger partial charge on any atom is 0.241 e. The van der Waals surface area contributed by atoms with Crippen molar-refractivity contribution in [3.05, 3.63) is 41.5 Å². The summed E-state index contributed by atoms with van der Waals surface area (Å²) in [6.07, 6.45) is 2.87. The van der Waals surface area contributed by atoms with E-state index >= 15 is 0 Å². The molecule has 3 unspecified atom stereocenters. The Morgan fingerprint density at radius 2 is 2.16 bits per heavy atom. The molecule has 0 radical (unpaired) electrons. The maximum atomic E-state index is 13.0. The predicted octanol–water partition coefficient (Wildman–Crippen LogP) is 1.14. The Morgan fingerprint density at radius 1 is 1.32 bits per heavy atom. The molecule has 25 heavy (non-hydrogen) atoms. The van der Waals surface area contributed by atoms with Crippen molar-refractivity contribution < 1.29 is 4.79 Å². The van der Waals surface area contributed by atoms with Crippen molar-refractivity contribution >= 4 is 5.91 Å². The van der Waals surface area contributed by atoms with Gasteiger partial charge in [-0.25, -0.2) is 5.43 Å². The minimum atomic E-state index is -0.175. The molecular weight excluding hydrogens is 316 g/mol. The molecule has 0 aromatic carbocycles. The highest BCUT2D eigenvalue weighted by atomic mass is 16.2. The van der Waals surface area contributed by atoms with E-state index in [2.05, 4.69) is 58.8 Å². The third-order valence-electron chi connectivity index (χ3n) is 5.40. The summed E-state index contributed by atoms with van der Waals surface area (Å²) < 4.78 is 4.25. The lowest BCUT2D eigenvalue weighted by atomic mass is 10.1. The van der Waals surface area contributed by atoms with E-state index in [1.807, 2.05) is 16.5 Å². The first-order valence-corrected chi connectivity index (χ1v) is 9.00. The van der Waals surface area contributed by atoms with Crippen LogP contribution in [-0.4, -0.2) is 43.8 Å². The van der Waals surface area contributed by atoms with E-state index < -0.39 is 0 Å². The van der Waals surface area contributed by atoms with Gasteiger partial charge >= 0.3 is 0 Å². The largest absolute Gasteiger partial charge is 0.348 e. The third-order valence-corrected chi connectivity index (χ3v) is 5.40. The Hall–Kier alpha value is -2.12. The van der Waals surface area contributed by atoms with Crippen LogP contribution in [0.25, 0.3) is 0 Å². The van der Waals surface area contributed by atoms with Crippen molar-refractivity contribution in [2.75, 3.05) is 6.54 Å². The molecule has 1 amide bonds. The Morgan fingerprint density at radius 3 is 2.92 bits per heavy atom. The van der Waals surface area contributed by atoms with Crippen LogP contribution in [0.4, 0.5) is 0 Å². The summed E-state index contributed by atoms with van der Waals surface area (Å²) in [6.45, 7) is 8.59. The van der Waals surface area contributed by atoms with Crippen LogP contribution < -0.4 is 10.9 Å². The van der Waals surface area contributed by atoms with Gasteiger partial charge < -0.3 is 9.47 Å². The number of carbonyl (C=O) groups is 1. The van der Waals surface area contributed by atoms with E-state index in [9.17, 15) is 4.79 Å². The molecule has 2 aliphatic rings. The lowest BCUT2D eigenvalue weighted by molar-refractivity contribution is -0.136. The van der Waals surface area contributed by atoms with Gasteiger partial charge in [0.25, 0.3) is 0 Å². The molecule has 7 nitrogen and oxygen atoms in total. The van der Waals surface area contributed by atoms with E-state index in [4.69, 9.17) is 0 Å². The first-order valence-electron chi connectivity index (χ1n) is 9.00. The van der Waals surface area contributed by atoms with Crippen molar-refractivity contribution in [1.82, 2.24) is 30.1 Å². The number of amides is 1. The van der Waals surface area contributed by atoms with Crippen molar-refractivity contribution in [3.8, 4) is 0 Å². The van der Waals surface area contributed by atoms with Gasteiger partial charge in [0, 0.05) is 36.7 Å². The zero-order chi connectivity index (χ0) is 17.6. The molecule has 2 aromatic rings. The summed E-state index contributed by atoms with van der Waals surface area (Å²) in [7, 11) is 0. The van der Waals surface area contributed by atoms with Gasteiger partial charge in [-0.15, -0.1) is 0 Å². The fourth-order valence-electron chi connectivity index (χ4n) is 4.05. The van der Waals surface area contributed by atoms with Gasteiger partial charge in [-0.05, 0) is 45.4 Å². The molecule has 2 aromatic heterocycles. The van der Waals surface area contributed by atoms with Crippen LogP contribution in [0.15, 0.2) is 24.4 Å². The first-order chi connectivity index (χ1) is 12.0. The van der Waals surface area contributed by atoms with E-state index in [0.717, 1.165) is 37.4 Å². The lowest BCUT2D eigenvalue weighted by Crippen LogP contribution is -2.49. The van der Waals surface area contributed by atoms with Gasteiger partial charge in [0.2, 0.25) is 5.91 Å². The van der Waals surface area contributed by atoms with E-state index in [0.29, 0.717) is 0 Å². The molecule has 2 N–H and O–H groups in total. The summed E-state index contributed by atoms with van der Waals surface area (Å²) in [5.41, 5.74) is 9.87.